The van der Waals surface area contributed by atoms with E-state index in [4.69, 9.17) is 10.00 Å². The van der Waals surface area contributed by atoms with E-state index >= 15 is 0 Å². The fourth-order valence-corrected chi connectivity index (χ4v) is 2.39. The zero-order valence-electron chi connectivity index (χ0n) is 13.3. The van der Waals surface area contributed by atoms with E-state index in [2.05, 4.69) is 6.07 Å². The number of carbonyl (C=O) groups excluding carboxylic acids is 2. The first-order valence-corrected chi connectivity index (χ1v) is 7.72. The Morgan fingerprint density at radius 3 is 2.73 bits per heavy atom. The van der Waals surface area contributed by atoms with Gasteiger partial charge >= 0.3 is 5.97 Å². The molecule has 0 N–H and O–H groups in total. The van der Waals surface area contributed by atoms with E-state index in [1.165, 1.54) is 0 Å². The summed E-state index contributed by atoms with van der Waals surface area (Å²) < 4.78 is 4.88. The summed E-state index contributed by atoms with van der Waals surface area (Å²) in [6.07, 6.45) is 3.36. The summed E-state index contributed by atoms with van der Waals surface area (Å²) in [5, 5.41) is 8.91. The number of hydrogen-bond acceptors (Lipinski definition) is 4. The molecule has 4 heteroatoms. The standard InChI is InChI=1S/C18H23NO3/c1-3-22-18(21)10-5-4-9-17(14(2)20)12-15-7-6-8-16(11-15)13-19/h6-8,11,17H,3-5,9-10,12H2,1-2H3. The Balaban J connectivity index is 2.47. The molecule has 0 amide bonds. The van der Waals surface area contributed by atoms with Crippen molar-refractivity contribution in [3.05, 3.63) is 35.4 Å². The third-order valence-corrected chi connectivity index (χ3v) is 3.60. The quantitative estimate of drug-likeness (QED) is 0.517. The van der Waals surface area contributed by atoms with Crippen LogP contribution in [0, 0.1) is 17.2 Å². The van der Waals surface area contributed by atoms with Gasteiger partial charge in [-0.1, -0.05) is 18.6 Å². The number of carbonyl (C=O) groups is 2. The molecule has 118 valence electrons. The van der Waals surface area contributed by atoms with Gasteiger partial charge in [-0.05, 0) is 50.8 Å². The number of unbranched alkanes of at least 4 members (excludes halogenated alkanes) is 1. The number of ether oxygens (including phenoxy) is 1. The first-order chi connectivity index (χ1) is 10.6. The highest BCUT2D eigenvalue weighted by atomic mass is 16.5. The molecular formula is C18H23NO3. The van der Waals surface area contributed by atoms with Crippen LogP contribution in [0.1, 0.15) is 50.7 Å². The topological polar surface area (TPSA) is 67.2 Å². The van der Waals surface area contributed by atoms with Crippen LogP contribution in [0.4, 0.5) is 0 Å². The Kier molecular flexibility index (Phi) is 7.91. The fraction of sp³-hybridized carbons (Fsp3) is 0.500. The molecule has 0 aliphatic rings. The lowest BCUT2D eigenvalue weighted by molar-refractivity contribution is -0.143. The Morgan fingerprint density at radius 1 is 1.32 bits per heavy atom. The van der Waals surface area contributed by atoms with E-state index in [-0.39, 0.29) is 17.7 Å². The number of benzene rings is 1. The average Bonchev–Trinajstić information content (AvgIpc) is 2.50. The predicted octanol–water partition coefficient (Wildman–Crippen LogP) is 3.43. The maximum absolute atomic E-state index is 11.8. The lowest BCUT2D eigenvalue weighted by Crippen LogP contribution is -2.14. The first-order valence-electron chi connectivity index (χ1n) is 7.72. The van der Waals surface area contributed by atoms with Crippen molar-refractivity contribution >= 4 is 11.8 Å². The van der Waals surface area contributed by atoms with Crippen LogP contribution in [-0.4, -0.2) is 18.4 Å². The third-order valence-electron chi connectivity index (χ3n) is 3.60. The maximum atomic E-state index is 11.8. The fourth-order valence-electron chi connectivity index (χ4n) is 2.39. The van der Waals surface area contributed by atoms with Gasteiger partial charge in [0.1, 0.15) is 5.78 Å². The molecule has 4 nitrogen and oxygen atoms in total. The van der Waals surface area contributed by atoms with Gasteiger partial charge in [0, 0.05) is 12.3 Å². The number of rotatable bonds is 9. The molecular weight excluding hydrogens is 278 g/mol. The Hall–Kier alpha value is -2.15. The molecule has 0 aliphatic carbocycles. The van der Waals surface area contributed by atoms with Crippen LogP contribution in [0.2, 0.25) is 0 Å². The molecule has 0 heterocycles. The molecule has 0 aliphatic heterocycles. The van der Waals surface area contributed by atoms with Crippen LogP contribution in [0.15, 0.2) is 24.3 Å². The summed E-state index contributed by atoms with van der Waals surface area (Å²) >= 11 is 0. The number of ketones is 1. The first kappa shape index (κ1) is 17.9. The highest BCUT2D eigenvalue weighted by Crippen LogP contribution is 2.18. The third kappa shape index (κ3) is 6.53. The van der Waals surface area contributed by atoms with E-state index in [9.17, 15) is 9.59 Å². The molecule has 0 radical (unpaired) electrons. The summed E-state index contributed by atoms with van der Waals surface area (Å²) in [6, 6.07) is 9.47. The summed E-state index contributed by atoms with van der Waals surface area (Å²) in [5.41, 5.74) is 1.62. The zero-order chi connectivity index (χ0) is 16.4. The molecule has 0 saturated heterocycles. The van der Waals surface area contributed by atoms with Gasteiger partial charge in [-0.2, -0.15) is 5.26 Å². The lowest BCUT2D eigenvalue weighted by atomic mass is 9.90. The van der Waals surface area contributed by atoms with Gasteiger partial charge in [0.25, 0.3) is 0 Å². The van der Waals surface area contributed by atoms with Gasteiger partial charge in [-0.3, -0.25) is 9.59 Å². The Labute approximate surface area is 132 Å². The van der Waals surface area contributed by atoms with E-state index in [1.807, 2.05) is 18.2 Å². The molecule has 0 saturated carbocycles. The second-order valence-electron chi connectivity index (χ2n) is 5.37. The van der Waals surface area contributed by atoms with Crippen molar-refractivity contribution in [3.63, 3.8) is 0 Å². The van der Waals surface area contributed by atoms with Crippen molar-refractivity contribution in [2.75, 3.05) is 6.61 Å². The molecule has 0 fully saturated rings. The zero-order valence-corrected chi connectivity index (χ0v) is 13.3. The Bertz CT molecular complexity index is 546. The van der Waals surface area contributed by atoms with Crippen molar-refractivity contribution in [2.45, 2.75) is 46.0 Å². The smallest absolute Gasteiger partial charge is 0.305 e. The minimum atomic E-state index is -0.177. The van der Waals surface area contributed by atoms with Gasteiger partial charge in [-0.25, -0.2) is 0 Å². The van der Waals surface area contributed by atoms with Crippen LogP contribution in [0.3, 0.4) is 0 Å². The summed E-state index contributed by atoms with van der Waals surface area (Å²) in [7, 11) is 0. The van der Waals surface area contributed by atoms with Crippen LogP contribution in [0.25, 0.3) is 0 Å². The van der Waals surface area contributed by atoms with Crippen LogP contribution >= 0.6 is 0 Å². The van der Waals surface area contributed by atoms with Crippen molar-refractivity contribution in [1.29, 1.82) is 5.26 Å². The second-order valence-corrected chi connectivity index (χ2v) is 5.37. The largest absolute Gasteiger partial charge is 0.466 e. The normalized spacial score (nSPS) is 11.5. The number of hydrogen-bond donors (Lipinski definition) is 0. The van der Waals surface area contributed by atoms with Crippen molar-refractivity contribution in [3.8, 4) is 6.07 Å². The van der Waals surface area contributed by atoms with Crippen molar-refractivity contribution < 1.29 is 14.3 Å². The van der Waals surface area contributed by atoms with Gasteiger partial charge in [0.05, 0.1) is 18.2 Å². The number of Topliss-reactive ketones (excluding diaryl/α,β-unsaturated/α-hetero) is 1. The molecule has 1 unspecified atom stereocenters. The van der Waals surface area contributed by atoms with Gasteiger partial charge in [0.15, 0.2) is 0 Å². The van der Waals surface area contributed by atoms with Crippen LogP contribution < -0.4 is 0 Å². The van der Waals surface area contributed by atoms with Gasteiger partial charge in [0.2, 0.25) is 0 Å². The van der Waals surface area contributed by atoms with E-state index in [0.29, 0.717) is 25.0 Å². The Morgan fingerprint density at radius 2 is 2.09 bits per heavy atom. The molecule has 0 bridgehead atoms. The van der Waals surface area contributed by atoms with E-state index in [0.717, 1.165) is 24.8 Å². The summed E-state index contributed by atoms with van der Waals surface area (Å²) in [5.74, 6) is -0.0850. The minimum Gasteiger partial charge on any atom is -0.466 e. The number of esters is 1. The average molecular weight is 301 g/mol. The van der Waals surface area contributed by atoms with Crippen LogP contribution in [-0.2, 0) is 20.7 Å². The SMILES string of the molecule is CCOC(=O)CCCCC(Cc1cccc(C#N)c1)C(C)=O. The molecule has 1 aromatic carbocycles. The van der Waals surface area contributed by atoms with Crippen molar-refractivity contribution in [2.24, 2.45) is 5.92 Å². The second kappa shape index (κ2) is 9.73. The predicted molar refractivity (Wildman–Crippen MR) is 84.1 cm³/mol. The molecule has 1 rings (SSSR count). The number of nitrogens with zero attached hydrogens (tertiary/aromatic N) is 1. The maximum Gasteiger partial charge on any atom is 0.305 e. The summed E-state index contributed by atoms with van der Waals surface area (Å²) in [4.78, 5) is 23.0. The molecule has 0 spiro atoms. The molecule has 1 aromatic rings. The number of nitriles is 1. The molecule has 22 heavy (non-hydrogen) atoms. The van der Waals surface area contributed by atoms with E-state index in [1.54, 1.807) is 19.9 Å². The lowest BCUT2D eigenvalue weighted by Gasteiger charge is -2.14. The molecule has 0 aromatic heterocycles. The highest BCUT2D eigenvalue weighted by molar-refractivity contribution is 5.78. The van der Waals surface area contributed by atoms with Gasteiger partial charge < -0.3 is 4.74 Å². The molecule has 1 atom stereocenters. The monoisotopic (exact) mass is 301 g/mol. The highest BCUT2D eigenvalue weighted by Gasteiger charge is 2.15. The van der Waals surface area contributed by atoms with Crippen molar-refractivity contribution in [1.82, 2.24) is 0 Å². The summed E-state index contributed by atoms with van der Waals surface area (Å²) in [6.45, 7) is 3.80. The minimum absolute atomic E-state index is 0.0591. The van der Waals surface area contributed by atoms with E-state index < -0.39 is 0 Å². The van der Waals surface area contributed by atoms with Crippen LogP contribution in [0.5, 0.6) is 0 Å². The van der Waals surface area contributed by atoms with Gasteiger partial charge in [-0.15, -0.1) is 0 Å².